The van der Waals surface area contributed by atoms with Crippen LogP contribution in [0.25, 0.3) is 0 Å². The van der Waals surface area contributed by atoms with Crippen LogP contribution in [0.1, 0.15) is 54.1 Å². The number of hydrogen-bond acceptors (Lipinski definition) is 7. The summed E-state index contributed by atoms with van der Waals surface area (Å²) in [6, 6.07) is 11.4. The van der Waals surface area contributed by atoms with Gasteiger partial charge >= 0.3 is 0 Å². The summed E-state index contributed by atoms with van der Waals surface area (Å²) in [5.41, 5.74) is 3.28. The molecule has 10 heteroatoms. The summed E-state index contributed by atoms with van der Waals surface area (Å²) in [4.78, 5) is 15.8. The zero-order valence-corrected chi connectivity index (χ0v) is 25.9. The first-order valence-corrected chi connectivity index (χ1v) is 17.4. The zero-order valence-electron chi connectivity index (χ0n) is 24.4. The number of anilines is 1. The van der Waals surface area contributed by atoms with Crippen molar-refractivity contribution in [1.82, 2.24) is 4.72 Å². The highest BCUT2D eigenvalue weighted by Gasteiger charge is 2.45. The summed E-state index contributed by atoms with van der Waals surface area (Å²) in [6.45, 7) is 4.14. The van der Waals surface area contributed by atoms with E-state index in [9.17, 15) is 18.3 Å². The van der Waals surface area contributed by atoms with E-state index in [2.05, 4.69) is 21.8 Å². The third-order valence-electron chi connectivity index (χ3n) is 10.7. The van der Waals surface area contributed by atoms with Crippen LogP contribution in [-0.4, -0.2) is 63.7 Å². The van der Waals surface area contributed by atoms with E-state index in [-0.39, 0.29) is 47.9 Å². The van der Waals surface area contributed by atoms with Crippen LogP contribution >= 0.6 is 11.6 Å². The predicted octanol–water partition coefficient (Wildman–Crippen LogP) is 4.48. The van der Waals surface area contributed by atoms with E-state index in [1.165, 1.54) is 11.1 Å². The number of allylic oxidation sites excluding steroid dienone is 1. The Kier molecular flexibility index (Phi) is 7.51. The second kappa shape index (κ2) is 11.1. The van der Waals surface area contributed by atoms with Crippen molar-refractivity contribution in [1.29, 1.82) is 0 Å². The maximum Gasteiger partial charge on any atom is 0.264 e. The average molecular weight is 627 g/mol. The van der Waals surface area contributed by atoms with Crippen molar-refractivity contribution >= 4 is 33.2 Å². The van der Waals surface area contributed by atoms with E-state index in [1.807, 2.05) is 25.1 Å². The molecule has 7 atom stereocenters. The normalized spacial score (nSPS) is 35.8. The Labute approximate surface area is 258 Å². The first-order chi connectivity index (χ1) is 20.6. The van der Waals surface area contributed by atoms with E-state index in [4.69, 9.17) is 21.1 Å². The summed E-state index contributed by atoms with van der Waals surface area (Å²) >= 11 is 6.39. The number of hydrogen-bond donors (Lipinski definition) is 2. The highest BCUT2D eigenvalue weighted by molar-refractivity contribution is 7.90. The minimum atomic E-state index is -4.02. The average Bonchev–Trinajstić information content (AvgIpc) is 3.42. The van der Waals surface area contributed by atoms with E-state index in [1.54, 1.807) is 18.2 Å². The Balaban J connectivity index is 1.30. The molecule has 1 spiro atoms. The van der Waals surface area contributed by atoms with E-state index >= 15 is 0 Å². The molecular formula is C33H39ClN2O6S. The summed E-state index contributed by atoms with van der Waals surface area (Å²) in [6.07, 6.45) is 8.04. The minimum Gasteiger partial charge on any atom is -0.490 e. The number of benzene rings is 2. The van der Waals surface area contributed by atoms with Crippen LogP contribution in [0.4, 0.5) is 5.69 Å². The van der Waals surface area contributed by atoms with E-state index < -0.39 is 27.3 Å². The lowest BCUT2D eigenvalue weighted by atomic mass is 9.68. The van der Waals surface area contributed by atoms with Gasteiger partial charge in [0, 0.05) is 35.0 Å². The molecule has 230 valence electrons. The van der Waals surface area contributed by atoms with Crippen LogP contribution in [0, 0.1) is 23.7 Å². The van der Waals surface area contributed by atoms with Crippen molar-refractivity contribution in [3.63, 3.8) is 0 Å². The fraction of sp³-hybridized carbons (Fsp3) is 0.545. The maximum atomic E-state index is 13.5. The number of fused-ring (bicyclic) bond motifs is 5. The smallest absolute Gasteiger partial charge is 0.264 e. The lowest BCUT2D eigenvalue weighted by molar-refractivity contribution is 0.0453. The number of halogens is 1. The molecule has 1 amide bonds. The number of nitrogens with zero attached hydrogens (tertiary/aromatic N) is 1. The van der Waals surface area contributed by atoms with E-state index in [0.29, 0.717) is 25.4 Å². The highest BCUT2D eigenvalue weighted by Crippen LogP contribution is 2.47. The van der Waals surface area contributed by atoms with Crippen molar-refractivity contribution in [2.24, 2.45) is 23.7 Å². The molecule has 43 heavy (non-hydrogen) atoms. The largest absolute Gasteiger partial charge is 0.490 e. The molecule has 3 heterocycles. The van der Waals surface area contributed by atoms with Crippen LogP contribution in [0.2, 0.25) is 5.02 Å². The lowest BCUT2D eigenvalue weighted by Gasteiger charge is -2.45. The van der Waals surface area contributed by atoms with Crippen LogP contribution in [0.5, 0.6) is 5.75 Å². The highest BCUT2D eigenvalue weighted by atomic mass is 35.5. The molecule has 5 aliphatic rings. The van der Waals surface area contributed by atoms with Gasteiger partial charge in [0.2, 0.25) is 10.0 Å². The third kappa shape index (κ3) is 5.26. The monoisotopic (exact) mass is 626 g/mol. The fourth-order valence-electron chi connectivity index (χ4n) is 8.01. The molecule has 2 aromatic carbocycles. The van der Waals surface area contributed by atoms with Gasteiger partial charge in [0.15, 0.2) is 0 Å². The van der Waals surface area contributed by atoms with Gasteiger partial charge in [0.1, 0.15) is 11.0 Å². The van der Waals surface area contributed by atoms with Gasteiger partial charge in [-0.3, -0.25) is 4.79 Å². The van der Waals surface area contributed by atoms with Gasteiger partial charge in [-0.15, -0.1) is 0 Å². The fourth-order valence-corrected chi connectivity index (χ4v) is 9.79. The Morgan fingerprint density at radius 1 is 1.09 bits per heavy atom. The predicted molar refractivity (Wildman–Crippen MR) is 165 cm³/mol. The Bertz CT molecular complexity index is 1560. The van der Waals surface area contributed by atoms with Gasteiger partial charge in [-0.05, 0) is 91.3 Å². The summed E-state index contributed by atoms with van der Waals surface area (Å²) in [7, 11) is -4.02. The third-order valence-corrected chi connectivity index (χ3v) is 12.6. The molecule has 2 fully saturated rings. The number of amides is 1. The summed E-state index contributed by atoms with van der Waals surface area (Å²) in [5.74, 6) is -0.0826. The molecule has 8 nitrogen and oxygen atoms in total. The molecule has 3 aliphatic heterocycles. The molecule has 0 radical (unpaired) electrons. The number of ether oxygens (including phenoxy) is 2. The molecule has 7 rings (SSSR count). The zero-order chi connectivity index (χ0) is 29.9. The van der Waals surface area contributed by atoms with Gasteiger partial charge in [0.25, 0.3) is 5.91 Å². The second-order valence-electron chi connectivity index (χ2n) is 13.2. The van der Waals surface area contributed by atoms with Crippen molar-refractivity contribution in [3.8, 4) is 5.75 Å². The van der Waals surface area contributed by atoms with Crippen molar-refractivity contribution < 1.29 is 27.8 Å². The maximum absolute atomic E-state index is 13.5. The van der Waals surface area contributed by atoms with Crippen molar-refractivity contribution in [2.45, 2.75) is 55.8 Å². The van der Waals surface area contributed by atoms with Gasteiger partial charge in [0.05, 0.1) is 31.6 Å². The van der Waals surface area contributed by atoms with Crippen LogP contribution in [-0.2, 0) is 26.6 Å². The number of aliphatic hydroxyl groups excluding tert-OH is 1. The molecular weight excluding hydrogens is 588 g/mol. The molecule has 2 aromatic rings. The van der Waals surface area contributed by atoms with Gasteiger partial charge in [-0.2, -0.15) is 0 Å². The second-order valence-corrected chi connectivity index (χ2v) is 15.6. The van der Waals surface area contributed by atoms with Crippen LogP contribution in [0.3, 0.4) is 0 Å². The number of aliphatic hydroxyl groups is 1. The lowest BCUT2D eigenvalue weighted by Crippen LogP contribution is -2.49. The van der Waals surface area contributed by atoms with Gasteiger partial charge in [-0.25, -0.2) is 13.1 Å². The van der Waals surface area contributed by atoms with Crippen molar-refractivity contribution in [2.75, 3.05) is 37.8 Å². The summed E-state index contributed by atoms with van der Waals surface area (Å²) in [5, 5.41) is 11.1. The number of carbonyl (C=O) groups excluding carboxylic acids is 1. The van der Waals surface area contributed by atoms with Gasteiger partial charge < -0.3 is 19.5 Å². The number of rotatable bonds is 0. The van der Waals surface area contributed by atoms with Crippen LogP contribution < -0.4 is 14.4 Å². The molecule has 2 bridgehead atoms. The Morgan fingerprint density at radius 3 is 2.77 bits per heavy atom. The first-order valence-electron chi connectivity index (χ1n) is 15.4. The number of carbonyl (C=O) groups is 1. The minimum absolute atomic E-state index is 0.0271. The molecule has 1 saturated heterocycles. The van der Waals surface area contributed by atoms with Crippen molar-refractivity contribution in [3.05, 3.63) is 70.3 Å². The Morgan fingerprint density at radius 2 is 1.95 bits per heavy atom. The molecule has 2 aliphatic carbocycles. The molecule has 0 aromatic heterocycles. The first kappa shape index (κ1) is 29.1. The number of sulfonamides is 1. The SMILES string of the molecule is C[C@H]1/C=C/[C@H](O)[C@@H]2CC[C@H]2CN2C[C@@]3(CCCc4cc(Cl)ccc43)COc3ccc(cc32)C(=O)NS(=O)(=O)[C@H]2COC[C@H]12. The molecule has 2 N–H and O–H groups in total. The number of aryl methyl sites for hydroxylation is 1. The summed E-state index contributed by atoms with van der Waals surface area (Å²) < 4.78 is 41.4. The Hall–Kier alpha value is -2.59. The molecule has 1 saturated carbocycles. The standard InChI is InChI=1S/C33H39ClN2O6S/c1-20-4-10-29(37)25-8-5-23(25)15-36-18-33(12-2-3-21-13-24(34)7-9-27(21)33)19-42-30-11-6-22(14-28(30)36)32(38)35-43(39,40)31-17-41-16-26(20)31/h4,6-7,9-11,13-14,20,23,25-26,29,31,37H,2-3,5,8,12,15-19H2,1H3,(H,35,38)/b10-4+/t20-,23-,25+,26+,29-,31-,33-/m0/s1. The number of nitrogens with one attached hydrogen (secondary N) is 1. The van der Waals surface area contributed by atoms with E-state index in [0.717, 1.165) is 42.8 Å². The quantitative estimate of drug-likeness (QED) is 0.416. The topological polar surface area (TPSA) is 105 Å². The van der Waals surface area contributed by atoms with Gasteiger partial charge in [-0.1, -0.05) is 36.7 Å². The van der Waals surface area contributed by atoms with Crippen LogP contribution in [0.15, 0.2) is 48.6 Å². The molecule has 0 unspecified atom stereocenters.